The van der Waals surface area contributed by atoms with Gasteiger partial charge in [0.2, 0.25) is 0 Å². The van der Waals surface area contributed by atoms with Gasteiger partial charge in [0, 0.05) is 17.7 Å². The number of benzene rings is 2. The van der Waals surface area contributed by atoms with Crippen LogP contribution in [0.25, 0.3) is 0 Å². The van der Waals surface area contributed by atoms with Gasteiger partial charge in [-0.15, -0.1) is 0 Å². The van der Waals surface area contributed by atoms with Crippen molar-refractivity contribution in [2.24, 2.45) is 11.3 Å². The molecule has 0 saturated carbocycles. The number of nitrogens with zero attached hydrogens (tertiary/aromatic N) is 1. The molecule has 0 aromatic heterocycles. The third-order valence-corrected chi connectivity index (χ3v) is 6.11. The molecule has 1 amide bonds. The molecule has 1 heterocycles. The summed E-state index contributed by atoms with van der Waals surface area (Å²) >= 11 is 0. The van der Waals surface area contributed by atoms with Crippen LogP contribution in [-0.2, 0) is 9.59 Å². The molecular formula is C25H25F3N2O4. The molecular weight excluding hydrogens is 449 g/mol. The van der Waals surface area contributed by atoms with Crippen LogP contribution in [0.5, 0.6) is 11.5 Å². The summed E-state index contributed by atoms with van der Waals surface area (Å²) in [5.41, 5.74) is 0.478. The molecule has 2 aliphatic rings. The molecule has 4 rings (SSSR count). The van der Waals surface area contributed by atoms with Crippen molar-refractivity contribution in [1.82, 2.24) is 0 Å². The molecule has 180 valence electrons. The molecule has 2 aromatic carbocycles. The largest absolute Gasteiger partial charge is 0.493 e. The molecule has 0 saturated heterocycles. The normalized spacial score (nSPS) is 21.4. The number of ether oxygens (including phenoxy) is 2. The summed E-state index contributed by atoms with van der Waals surface area (Å²) in [6.45, 7) is 3.76. The second-order valence-corrected chi connectivity index (χ2v) is 9.05. The number of carbonyl (C=O) groups is 2. The van der Waals surface area contributed by atoms with Crippen LogP contribution in [0.3, 0.4) is 0 Å². The number of alkyl halides is 3. The van der Waals surface area contributed by atoms with Gasteiger partial charge in [-0.2, -0.15) is 13.2 Å². The Hall–Kier alpha value is -3.49. The molecule has 1 aliphatic carbocycles. The number of allylic oxidation sites excluding steroid dienone is 1. The Morgan fingerprint density at radius 2 is 1.79 bits per heavy atom. The summed E-state index contributed by atoms with van der Waals surface area (Å²) in [5.74, 6) is -2.99. The minimum Gasteiger partial charge on any atom is -0.493 e. The number of halogens is 3. The zero-order valence-corrected chi connectivity index (χ0v) is 19.2. The van der Waals surface area contributed by atoms with Gasteiger partial charge >= 0.3 is 12.1 Å². The van der Waals surface area contributed by atoms with E-state index in [0.29, 0.717) is 16.3 Å². The first-order valence-electron chi connectivity index (χ1n) is 10.7. The van der Waals surface area contributed by atoms with Gasteiger partial charge in [-0.1, -0.05) is 44.2 Å². The first-order valence-corrected chi connectivity index (χ1v) is 10.7. The number of para-hydroxylation sites is 3. The van der Waals surface area contributed by atoms with Gasteiger partial charge < -0.3 is 14.8 Å². The van der Waals surface area contributed by atoms with E-state index in [1.54, 1.807) is 36.4 Å². The van der Waals surface area contributed by atoms with E-state index in [0.717, 1.165) is 0 Å². The molecule has 2 atom stereocenters. The molecule has 34 heavy (non-hydrogen) atoms. The number of methoxy groups -OCH3 is 2. The van der Waals surface area contributed by atoms with Gasteiger partial charge in [0.05, 0.1) is 37.6 Å². The van der Waals surface area contributed by atoms with Crippen LogP contribution in [0.4, 0.5) is 24.5 Å². The number of fused-ring (bicyclic) bond motifs is 2. The van der Waals surface area contributed by atoms with Crippen LogP contribution in [-0.4, -0.2) is 32.1 Å². The van der Waals surface area contributed by atoms with E-state index in [1.807, 2.05) is 19.9 Å². The van der Waals surface area contributed by atoms with Crippen molar-refractivity contribution < 1.29 is 32.2 Å². The molecule has 6 nitrogen and oxygen atoms in total. The maximum Gasteiger partial charge on any atom is 0.471 e. The highest BCUT2D eigenvalue weighted by Gasteiger charge is 2.52. The van der Waals surface area contributed by atoms with Crippen molar-refractivity contribution in [3.63, 3.8) is 0 Å². The van der Waals surface area contributed by atoms with Gasteiger partial charge in [-0.3, -0.25) is 14.5 Å². The third kappa shape index (κ3) is 3.99. The van der Waals surface area contributed by atoms with Crippen LogP contribution < -0.4 is 19.7 Å². The van der Waals surface area contributed by atoms with E-state index in [2.05, 4.69) is 5.32 Å². The predicted octanol–water partition coefficient (Wildman–Crippen LogP) is 5.27. The highest BCUT2D eigenvalue weighted by molar-refractivity contribution is 6.03. The monoisotopic (exact) mass is 474 g/mol. The lowest BCUT2D eigenvalue weighted by atomic mass is 9.72. The van der Waals surface area contributed by atoms with Gasteiger partial charge in [0.1, 0.15) is 5.78 Å². The van der Waals surface area contributed by atoms with Gasteiger partial charge in [0.15, 0.2) is 11.5 Å². The summed E-state index contributed by atoms with van der Waals surface area (Å²) in [7, 11) is 2.77. The summed E-state index contributed by atoms with van der Waals surface area (Å²) in [5, 5.41) is 3.16. The standard InChI is InChI=1S/C25H25F3N2O4/c1-24(2)12-16-20(18(31)13-24)21(14-8-7-11-19(33-3)22(14)34-4)30(23(32)25(26,27)28)17-10-6-5-9-15(17)29-16/h5-12,20-21,29H,13H2,1-4H3. The van der Waals surface area contributed by atoms with Crippen LogP contribution >= 0.6 is 0 Å². The molecule has 0 fully saturated rings. The third-order valence-electron chi connectivity index (χ3n) is 6.11. The zero-order chi connectivity index (χ0) is 24.8. The van der Waals surface area contributed by atoms with Gasteiger partial charge in [0.25, 0.3) is 0 Å². The number of amides is 1. The second kappa shape index (κ2) is 8.38. The quantitative estimate of drug-likeness (QED) is 0.657. The van der Waals surface area contributed by atoms with E-state index in [4.69, 9.17) is 9.47 Å². The Bertz CT molecular complexity index is 1170. The lowest BCUT2D eigenvalue weighted by molar-refractivity contribution is -0.171. The Kier molecular flexibility index (Phi) is 5.83. The van der Waals surface area contributed by atoms with E-state index < -0.39 is 29.5 Å². The fourth-order valence-corrected chi connectivity index (χ4v) is 4.83. The van der Waals surface area contributed by atoms with E-state index >= 15 is 0 Å². The Balaban J connectivity index is 2.09. The topological polar surface area (TPSA) is 67.9 Å². The fourth-order valence-electron chi connectivity index (χ4n) is 4.83. The highest BCUT2D eigenvalue weighted by atomic mass is 19.4. The molecule has 0 bridgehead atoms. The number of hydrogen-bond acceptors (Lipinski definition) is 5. The average Bonchev–Trinajstić information content (AvgIpc) is 2.90. The highest BCUT2D eigenvalue weighted by Crippen LogP contribution is 2.52. The molecule has 1 aliphatic heterocycles. The Morgan fingerprint density at radius 1 is 1.09 bits per heavy atom. The average molecular weight is 474 g/mol. The van der Waals surface area contributed by atoms with Crippen molar-refractivity contribution in [1.29, 1.82) is 0 Å². The van der Waals surface area contributed by atoms with Crippen LogP contribution in [0.2, 0.25) is 0 Å². The lowest BCUT2D eigenvalue weighted by Gasteiger charge is -2.39. The van der Waals surface area contributed by atoms with Crippen molar-refractivity contribution in [2.75, 3.05) is 24.4 Å². The van der Waals surface area contributed by atoms with Crippen molar-refractivity contribution >= 4 is 23.1 Å². The first-order chi connectivity index (χ1) is 16.0. The number of anilines is 2. The molecule has 0 spiro atoms. The minimum atomic E-state index is -5.18. The molecule has 2 unspecified atom stereocenters. The Labute approximate surface area is 195 Å². The molecule has 1 N–H and O–H groups in total. The maximum atomic E-state index is 14.0. The van der Waals surface area contributed by atoms with Crippen LogP contribution in [0.1, 0.15) is 31.9 Å². The Morgan fingerprint density at radius 3 is 2.44 bits per heavy atom. The zero-order valence-electron chi connectivity index (χ0n) is 19.2. The maximum absolute atomic E-state index is 14.0. The van der Waals surface area contributed by atoms with Crippen LogP contribution in [0, 0.1) is 11.3 Å². The predicted molar refractivity (Wildman–Crippen MR) is 121 cm³/mol. The van der Waals surface area contributed by atoms with E-state index in [-0.39, 0.29) is 35.0 Å². The van der Waals surface area contributed by atoms with Crippen LogP contribution in [0.15, 0.2) is 54.2 Å². The lowest BCUT2D eigenvalue weighted by Crippen LogP contribution is -2.48. The minimum absolute atomic E-state index is 0.0144. The fraction of sp³-hybridized carbons (Fsp3) is 0.360. The first kappa shape index (κ1) is 23.7. The summed E-state index contributed by atoms with van der Waals surface area (Å²) in [6, 6.07) is 9.64. The number of rotatable bonds is 3. The van der Waals surface area contributed by atoms with E-state index in [9.17, 15) is 22.8 Å². The summed E-state index contributed by atoms with van der Waals surface area (Å²) in [4.78, 5) is 27.2. The molecule has 9 heteroatoms. The number of ketones is 1. The number of Topliss-reactive ketones (excluding diaryl/α,β-unsaturated/α-hetero) is 1. The number of nitrogens with one attached hydrogen (secondary N) is 1. The smallest absolute Gasteiger partial charge is 0.471 e. The van der Waals surface area contributed by atoms with Gasteiger partial charge in [-0.05, 0) is 23.6 Å². The second-order valence-electron chi connectivity index (χ2n) is 9.05. The van der Waals surface area contributed by atoms with Crippen molar-refractivity contribution in [3.05, 3.63) is 59.8 Å². The number of hydrogen-bond donors (Lipinski definition) is 1. The summed E-state index contributed by atoms with van der Waals surface area (Å²) in [6.07, 6.45) is -3.21. The van der Waals surface area contributed by atoms with Crippen molar-refractivity contribution in [3.8, 4) is 11.5 Å². The molecule has 0 radical (unpaired) electrons. The summed E-state index contributed by atoms with van der Waals surface area (Å²) < 4.78 is 52.7. The SMILES string of the molecule is COc1cccc(C2C3C(=O)CC(C)(C)C=C3Nc3ccccc3N2C(=O)C(F)(F)F)c1OC. The van der Waals surface area contributed by atoms with Gasteiger partial charge in [-0.25, -0.2) is 0 Å². The molecule has 2 aromatic rings. The number of carbonyl (C=O) groups excluding carboxylic acids is 2. The van der Waals surface area contributed by atoms with E-state index in [1.165, 1.54) is 20.3 Å². The van der Waals surface area contributed by atoms with Crippen molar-refractivity contribution in [2.45, 2.75) is 32.5 Å².